The number of para-hydroxylation sites is 1. The lowest BCUT2D eigenvalue weighted by Crippen LogP contribution is -2.48. The lowest BCUT2D eigenvalue weighted by Gasteiger charge is -2.38. The van der Waals surface area contributed by atoms with Crippen LogP contribution in [0.1, 0.15) is 18.4 Å². The minimum Gasteiger partial charge on any atom is -0.365 e. The summed E-state index contributed by atoms with van der Waals surface area (Å²) in [7, 11) is 0. The van der Waals surface area contributed by atoms with Crippen molar-refractivity contribution < 1.29 is 4.39 Å². The van der Waals surface area contributed by atoms with E-state index in [0.29, 0.717) is 18.5 Å². The van der Waals surface area contributed by atoms with E-state index in [4.69, 9.17) is 0 Å². The van der Waals surface area contributed by atoms with E-state index in [1.54, 1.807) is 18.2 Å². The molecule has 118 valence electrons. The number of nitrogens with zero attached hydrogens (tertiary/aromatic N) is 2. The van der Waals surface area contributed by atoms with E-state index in [1.807, 2.05) is 18.2 Å². The summed E-state index contributed by atoms with van der Waals surface area (Å²) in [4.78, 5) is 2.34. The Bertz CT molecular complexity index is 685. The van der Waals surface area contributed by atoms with Gasteiger partial charge in [-0.05, 0) is 30.5 Å². The molecule has 0 saturated carbocycles. The van der Waals surface area contributed by atoms with Crippen molar-refractivity contribution in [1.82, 2.24) is 4.90 Å². The minimum atomic E-state index is -0.685. The highest BCUT2D eigenvalue weighted by molar-refractivity contribution is 5.49. The first-order valence-electron chi connectivity index (χ1n) is 7.91. The molecule has 0 radical (unpaired) electrons. The Balaban J connectivity index is 1.64. The van der Waals surface area contributed by atoms with Crippen LogP contribution in [0.3, 0.4) is 0 Å². The molecule has 0 spiro atoms. The molecule has 0 atom stereocenters. The lowest BCUT2D eigenvalue weighted by atomic mass is 9.88. The van der Waals surface area contributed by atoms with Crippen LogP contribution < -0.4 is 5.32 Å². The monoisotopic (exact) mass is 309 g/mol. The van der Waals surface area contributed by atoms with Crippen molar-refractivity contribution in [3.05, 3.63) is 66.0 Å². The van der Waals surface area contributed by atoms with Gasteiger partial charge in [0.2, 0.25) is 0 Å². The molecule has 2 aromatic rings. The predicted molar refractivity (Wildman–Crippen MR) is 89.3 cm³/mol. The molecule has 1 aliphatic rings. The number of likely N-dealkylation sites (tertiary alicyclic amines) is 1. The first-order chi connectivity index (χ1) is 11.2. The Morgan fingerprint density at radius 3 is 2.35 bits per heavy atom. The van der Waals surface area contributed by atoms with Crippen LogP contribution in [0.25, 0.3) is 0 Å². The normalized spacial score (nSPS) is 17.4. The van der Waals surface area contributed by atoms with Gasteiger partial charge in [-0.15, -0.1) is 0 Å². The summed E-state index contributed by atoms with van der Waals surface area (Å²) >= 11 is 0. The lowest BCUT2D eigenvalue weighted by molar-refractivity contribution is 0.189. The molecule has 1 heterocycles. The number of halogens is 1. The van der Waals surface area contributed by atoms with Gasteiger partial charge >= 0.3 is 0 Å². The van der Waals surface area contributed by atoms with E-state index in [-0.39, 0.29) is 5.82 Å². The highest BCUT2D eigenvalue weighted by Crippen LogP contribution is 2.28. The molecule has 0 aliphatic carbocycles. The van der Waals surface area contributed by atoms with Crippen LogP contribution in [0, 0.1) is 17.1 Å². The molecule has 23 heavy (non-hydrogen) atoms. The van der Waals surface area contributed by atoms with Gasteiger partial charge in [0.25, 0.3) is 0 Å². The van der Waals surface area contributed by atoms with Gasteiger partial charge in [-0.2, -0.15) is 5.26 Å². The quantitative estimate of drug-likeness (QED) is 0.934. The molecule has 3 nitrogen and oxygen atoms in total. The number of anilines is 1. The van der Waals surface area contributed by atoms with Crippen molar-refractivity contribution in [2.45, 2.75) is 24.9 Å². The number of nitrogens with one attached hydrogen (secondary N) is 1. The topological polar surface area (TPSA) is 39.1 Å². The third kappa shape index (κ3) is 3.69. The van der Waals surface area contributed by atoms with Crippen molar-refractivity contribution in [3.63, 3.8) is 0 Å². The summed E-state index contributed by atoms with van der Waals surface area (Å²) in [5.74, 6) is -0.311. The summed E-state index contributed by atoms with van der Waals surface area (Å²) in [6, 6.07) is 19.2. The zero-order chi connectivity index (χ0) is 16.1. The molecular formula is C19H20FN3. The summed E-state index contributed by atoms with van der Waals surface area (Å²) in [6.07, 6.45) is 1.37. The largest absolute Gasteiger partial charge is 0.365 e. The Labute approximate surface area is 136 Å². The van der Waals surface area contributed by atoms with Gasteiger partial charge in [-0.25, -0.2) is 4.39 Å². The van der Waals surface area contributed by atoms with E-state index in [0.717, 1.165) is 19.6 Å². The SMILES string of the molecule is N#CC1(Nc2ccccc2F)CCN(Cc2ccccc2)CC1. The first-order valence-corrected chi connectivity index (χ1v) is 7.91. The summed E-state index contributed by atoms with van der Waals surface area (Å²) in [5.41, 5.74) is 1.000. The van der Waals surface area contributed by atoms with Gasteiger partial charge in [-0.1, -0.05) is 42.5 Å². The minimum absolute atomic E-state index is 0.311. The van der Waals surface area contributed by atoms with Crippen molar-refractivity contribution in [2.24, 2.45) is 0 Å². The van der Waals surface area contributed by atoms with Crippen LogP contribution in [0.5, 0.6) is 0 Å². The van der Waals surface area contributed by atoms with E-state index >= 15 is 0 Å². The summed E-state index contributed by atoms with van der Waals surface area (Å²) in [5, 5.41) is 12.8. The Morgan fingerprint density at radius 2 is 1.70 bits per heavy atom. The average Bonchev–Trinajstić information content (AvgIpc) is 2.60. The van der Waals surface area contributed by atoms with Crippen molar-refractivity contribution in [1.29, 1.82) is 5.26 Å². The maximum atomic E-state index is 13.8. The zero-order valence-electron chi connectivity index (χ0n) is 13.0. The standard InChI is InChI=1S/C19H20FN3/c20-17-8-4-5-9-18(17)22-19(15-21)10-12-23(13-11-19)14-16-6-2-1-3-7-16/h1-9,22H,10-14H2. The molecular weight excluding hydrogens is 289 g/mol. The molecule has 1 saturated heterocycles. The van der Waals surface area contributed by atoms with Crippen LogP contribution in [-0.2, 0) is 6.54 Å². The zero-order valence-corrected chi connectivity index (χ0v) is 13.0. The van der Waals surface area contributed by atoms with Crippen molar-refractivity contribution in [2.75, 3.05) is 18.4 Å². The van der Waals surface area contributed by atoms with Gasteiger partial charge in [0.1, 0.15) is 11.4 Å². The van der Waals surface area contributed by atoms with Crippen LogP contribution in [0.4, 0.5) is 10.1 Å². The van der Waals surface area contributed by atoms with Gasteiger partial charge in [0.15, 0.2) is 0 Å². The van der Waals surface area contributed by atoms with Gasteiger partial charge < -0.3 is 5.32 Å². The van der Waals surface area contributed by atoms with Gasteiger partial charge in [0, 0.05) is 19.6 Å². The highest BCUT2D eigenvalue weighted by atomic mass is 19.1. The fraction of sp³-hybridized carbons (Fsp3) is 0.316. The number of nitriles is 1. The third-order valence-corrected chi connectivity index (χ3v) is 4.42. The Morgan fingerprint density at radius 1 is 1.04 bits per heavy atom. The Kier molecular flexibility index (Phi) is 4.59. The average molecular weight is 309 g/mol. The molecule has 1 N–H and O–H groups in total. The summed E-state index contributed by atoms with van der Waals surface area (Å²) in [6.45, 7) is 2.54. The van der Waals surface area contributed by atoms with Crippen LogP contribution in [0.15, 0.2) is 54.6 Å². The smallest absolute Gasteiger partial charge is 0.146 e. The molecule has 3 rings (SSSR count). The van der Waals surface area contributed by atoms with Crippen LogP contribution in [0.2, 0.25) is 0 Å². The fourth-order valence-corrected chi connectivity index (χ4v) is 3.02. The number of hydrogen-bond acceptors (Lipinski definition) is 3. The van der Waals surface area contributed by atoms with Crippen LogP contribution >= 0.6 is 0 Å². The highest BCUT2D eigenvalue weighted by Gasteiger charge is 2.35. The van der Waals surface area contributed by atoms with Crippen molar-refractivity contribution in [3.8, 4) is 6.07 Å². The molecule has 1 aliphatic heterocycles. The molecule has 0 aromatic heterocycles. The molecule has 0 unspecified atom stereocenters. The molecule has 1 fully saturated rings. The molecule has 0 bridgehead atoms. The second-order valence-corrected chi connectivity index (χ2v) is 6.06. The molecule has 0 amide bonds. The number of benzene rings is 2. The van der Waals surface area contributed by atoms with E-state index < -0.39 is 5.54 Å². The maximum Gasteiger partial charge on any atom is 0.146 e. The number of rotatable bonds is 4. The van der Waals surface area contributed by atoms with E-state index in [2.05, 4.69) is 28.4 Å². The Hall–Kier alpha value is -2.38. The molecule has 2 aromatic carbocycles. The van der Waals surface area contributed by atoms with E-state index in [9.17, 15) is 9.65 Å². The number of piperidine rings is 1. The maximum absolute atomic E-state index is 13.8. The second kappa shape index (κ2) is 6.80. The fourth-order valence-electron chi connectivity index (χ4n) is 3.02. The second-order valence-electron chi connectivity index (χ2n) is 6.06. The predicted octanol–water partition coefficient (Wildman–Crippen LogP) is 3.80. The van der Waals surface area contributed by atoms with Crippen molar-refractivity contribution >= 4 is 5.69 Å². The van der Waals surface area contributed by atoms with Gasteiger partial charge in [-0.3, -0.25) is 4.90 Å². The third-order valence-electron chi connectivity index (χ3n) is 4.42. The first kappa shape index (κ1) is 15.5. The van der Waals surface area contributed by atoms with Gasteiger partial charge in [0.05, 0.1) is 11.8 Å². The van der Waals surface area contributed by atoms with Crippen LogP contribution in [-0.4, -0.2) is 23.5 Å². The summed E-state index contributed by atoms with van der Waals surface area (Å²) < 4.78 is 13.8. The molecule has 4 heteroatoms. The van der Waals surface area contributed by atoms with E-state index in [1.165, 1.54) is 11.6 Å². The number of hydrogen-bond donors (Lipinski definition) is 1.